The first kappa shape index (κ1) is 19.7. The Morgan fingerprint density at radius 2 is 1.81 bits per heavy atom. The Kier molecular flexibility index (Phi) is 5.20. The molecule has 1 unspecified atom stereocenters. The molecule has 0 aliphatic rings. The number of rotatable bonds is 5. The fraction of sp³-hybridized carbons (Fsp3) is 0.235. The molecule has 1 aromatic heterocycles. The molecule has 0 spiro atoms. The van der Waals surface area contributed by atoms with Gasteiger partial charge in [-0.2, -0.15) is 0 Å². The Morgan fingerprint density at radius 1 is 1.19 bits per heavy atom. The lowest BCUT2D eigenvalue weighted by Gasteiger charge is -2.15. The zero-order valence-electron chi connectivity index (χ0n) is 14.3. The molecule has 0 aliphatic carbocycles. The predicted molar refractivity (Wildman–Crippen MR) is 95.5 cm³/mol. The van der Waals surface area contributed by atoms with E-state index in [1.807, 2.05) is 0 Å². The minimum atomic E-state index is -3.92. The standard InChI is InChI=1S/C17H15ClF3N3O2S/c1-3-24-16-13(8-12(19)14(20)15(16)21)22-17(24)9(2)23-27(25,26)11-6-4-10(18)5-7-11/h4-9,23H,3H2,1-2H3. The summed E-state index contributed by atoms with van der Waals surface area (Å²) in [7, 11) is -3.92. The topological polar surface area (TPSA) is 64.0 Å². The van der Waals surface area contributed by atoms with Crippen molar-refractivity contribution in [1.82, 2.24) is 14.3 Å². The summed E-state index contributed by atoms with van der Waals surface area (Å²) >= 11 is 5.76. The summed E-state index contributed by atoms with van der Waals surface area (Å²) in [6, 6.07) is 5.44. The van der Waals surface area contributed by atoms with E-state index in [4.69, 9.17) is 11.6 Å². The highest BCUT2D eigenvalue weighted by Gasteiger charge is 2.26. The summed E-state index contributed by atoms with van der Waals surface area (Å²) in [4.78, 5) is 4.09. The summed E-state index contributed by atoms with van der Waals surface area (Å²) in [6.07, 6.45) is 0. The van der Waals surface area contributed by atoms with Gasteiger partial charge >= 0.3 is 0 Å². The molecule has 0 saturated carbocycles. The van der Waals surface area contributed by atoms with Gasteiger partial charge in [-0.05, 0) is 38.1 Å². The van der Waals surface area contributed by atoms with Gasteiger partial charge < -0.3 is 4.57 Å². The van der Waals surface area contributed by atoms with Crippen LogP contribution in [0.3, 0.4) is 0 Å². The van der Waals surface area contributed by atoms with Crippen LogP contribution >= 0.6 is 11.6 Å². The van der Waals surface area contributed by atoms with Crippen molar-refractivity contribution in [3.63, 3.8) is 0 Å². The third-order valence-electron chi connectivity index (χ3n) is 4.06. The quantitative estimate of drug-likeness (QED) is 0.634. The van der Waals surface area contributed by atoms with E-state index in [2.05, 4.69) is 9.71 Å². The minimum Gasteiger partial charge on any atom is -0.324 e. The molecule has 0 aliphatic heterocycles. The maximum absolute atomic E-state index is 14.2. The van der Waals surface area contributed by atoms with Crippen LogP contribution in [0.2, 0.25) is 5.02 Å². The molecule has 2 aromatic carbocycles. The second-order valence-electron chi connectivity index (χ2n) is 5.87. The van der Waals surface area contributed by atoms with Gasteiger partial charge in [0, 0.05) is 17.6 Å². The Hall–Kier alpha value is -2.10. The smallest absolute Gasteiger partial charge is 0.241 e. The first-order valence-corrected chi connectivity index (χ1v) is 9.83. The Balaban J connectivity index is 2.04. The number of nitrogens with zero attached hydrogens (tertiary/aromatic N) is 2. The number of hydrogen-bond acceptors (Lipinski definition) is 3. The molecular formula is C17H15ClF3N3O2S. The number of halogens is 4. The molecule has 1 heterocycles. The number of sulfonamides is 1. The molecule has 0 bridgehead atoms. The van der Waals surface area contributed by atoms with Crippen LogP contribution in [0.15, 0.2) is 35.2 Å². The van der Waals surface area contributed by atoms with Crippen LogP contribution in [0.4, 0.5) is 13.2 Å². The highest BCUT2D eigenvalue weighted by molar-refractivity contribution is 7.89. The van der Waals surface area contributed by atoms with Gasteiger partial charge in [0.25, 0.3) is 0 Å². The Morgan fingerprint density at radius 3 is 2.41 bits per heavy atom. The van der Waals surface area contributed by atoms with Crippen molar-refractivity contribution in [2.24, 2.45) is 0 Å². The van der Waals surface area contributed by atoms with Crippen molar-refractivity contribution in [3.05, 3.63) is 58.6 Å². The normalized spacial score (nSPS) is 13.3. The first-order chi connectivity index (χ1) is 12.7. The minimum absolute atomic E-state index is 0.0128. The number of imidazole rings is 1. The van der Waals surface area contributed by atoms with Crippen molar-refractivity contribution < 1.29 is 21.6 Å². The highest BCUT2D eigenvalue weighted by Crippen LogP contribution is 2.27. The summed E-state index contributed by atoms with van der Waals surface area (Å²) in [5.74, 6) is -4.19. The van der Waals surface area contributed by atoms with Gasteiger partial charge in [-0.1, -0.05) is 11.6 Å². The molecule has 10 heteroatoms. The molecule has 0 amide bonds. The maximum atomic E-state index is 14.2. The first-order valence-electron chi connectivity index (χ1n) is 7.97. The Labute approximate surface area is 158 Å². The number of hydrogen-bond donors (Lipinski definition) is 1. The molecule has 27 heavy (non-hydrogen) atoms. The number of nitrogens with one attached hydrogen (secondary N) is 1. The van der Waals surface area contributed by atoms with E-state index in [0.29, 0.717) is 5.02 Å². The van der Waals surface area contributed by atoms with Gasteiger partial charge in [-0.25, -0.2) is 31.3 Å². The molecule has 1 atom stereocenters. The average Bonchev–Trinajstić information content (AvgIpc) is 2.98. The predicted octanol–water partition coefficient (Wildman–Crippen LogP) is 4.17. The fourth-order valence-electron chi connectivity index (χ4n) is 2.83. The molecule has 3 aromatic rings. The van der Waals surface area contributed by atoms with Gasteiger partial charge in [0.1, 0.15) is 11.3 Å². The van der Waals surface area contributed by atoms with Crippen LogP contribution in [0.25, 0.3) is 11.0 Å². The third-order valence-corrected chi connectivity index (χ3v) is 5.87. The van der Waals surface area contributed by atoms with Crippen LogP contribution in [0, 0.1) is 17.5 Å². The summed E-state index contributed by atoms with van der Waals surface area (Å²) < 4.78 is 70.1. The van der Waals surface area contributed by atoms with Gasteiger partial charge in [0.2, 0.25) is 10.0 Å². The monoisotopic (exact) mass is 417 g/mol. The van der Waals surface area contributed by atoms with Crippen molar-refractivity contribution in [2.75, 3.05) is 0 Å². The molecule has 5 nitrogen and oxygen atoms in total. The van der Waals surface area contributed by atoms with Crippen molar-refractivity contribution in [1.29, 1.82) is 0 Å². The van der Waals surface area contributed by atoms with E-state index in [9.17, 15) is 21.6 Å². The zero-order chi connectivity index (χ0) is 19.9. The van der Waals surface area contributed by atoms with Crippen LogP contribution in [-0.4, -0.2) is 18.0 Å². The lowest BCUT2D eigenvalue weighted by Crippen LogP contribution is -2.28. The van der Waals surface area contributed by atoms with E-state index in [0.717, 1.165) is 6.07 Å². The van der Waals surface area contributed by atoms with E-state index >= 15 is 0 Å². The number of benzene rings is 2. The second-order valence-corrected chi connectivity index (χ2v) is 8.02. The number of aromatic nitrogens is 2. The summed E-state index contributed by atoms with van der Waals surface area (Å²) in [5, 5.41) is 0.384. The average molecular weight is 418 g/mol. The van der Waals surface area contributed by atoms with Gasteiger partial charge in [-0.3, -0.25) is 0 Å². The van der Waals surface area contributed by atoms with Gasteiger partial charge in [0.05, 0.1) is 16.5 Å². The largest absolute Gasteiger partial charge is 0.324 e. The zero-order valence-corrected chi connectivity index (χ0v) is 15.9. The van der Waals surface area contributed by atoms with Crippen LogP contribution in [-0.2, 0) is 16.6 Å². The molecular weight excluding hydrogens is 403 g/mol. The maximum Gasteiger partial charge on any atom is 0.241 e. The lowest BCUT2D eigenvalue weighted by molar-refractivity contribution is 0.450. The number of aryl methyl sites for hydroxylation is 1. The molecule has 0 fully saturated rings. The second kappa shape index (κ2) is 7.14. The van der Waals surface area contributed by atoms with Crippen LogP contribution in [0.1, 0.15) is 25.7 Å². The Bertz CT molecular complexity index is 1110. The molecule has 0 radical (unpaired) electrons. The molecule has 1 N–H and O–H groups in total. The SMILES string of the molecule is CCn1c(C(C)NS(=O)(=O)c2ccc(Cl)cc2)nc2cc(F)c(F)c(F)c21. The van der Waals surface area contributed by atoms with Crippen molar-refractivity contribution in [3.8, 4) is 0 Å². The van der Waals surface area contributed by atoms with E-state index in [-0.39, 0.29) is 28.3 Å². The van der Waals surface area contributed by atoms with Crippen LogP contribution < -0.4 is 4.72 Å². The summed E-state index contributed by atoms with van der Waals surface area (Å²) in [6.45, 7) is 3.35. The van der Waals surface area contributed by atoms with Gasteiger partial charge in [0.15, 0.2) is 17.5 Å². The van der Waals surface area contributed by atoms with Crippen LogP contribution in [0.5, 0.6) is 0 Å². The van der Waals surface area contributed by atoms with Crippen molar-refractivity contribution >= 4 is 32.7 Å². The van der Waals surface area contributed by atoms with E-state index < -0.39 is 33.5 Å². The van der Waals surface area contributed by atoms with Crippen molar-refractivity contribution in [2.45, 2.75) is 31.3 Å². The third kappa shape index (κ3) is 3.54. The molecule has 144 valence electrons. The highest BCUT2D eigenvalue weighted by atomic mass is 35.5. The van der Waals surface area contributed by atoms with E-state index in [1.54, 1.807) is 6.92 Å². The summed E-state index contributed by atoms with van der Waals surface area (Å²) in [5.41, 5.74) is -0.315. The van der Waals surface area contributed by atoms with Gasteiger partial charge in [-0.15, -0.1) is 0 Å². The fourth-order valence-corrected chi connectivity index (χ4v) is 4.16. The van der Waals surface area contributed by atoms with E-state index in [1.165, 1.54) is 35.8 Å². The molecule has 3 rings (SSSR count). The lowest BCUT2D eigenvalue weighted by atomic mass is 10.2. The molecule has 0 saturated heterocycles. The number of fused-ring (bicyclic) bond motifs is 1.